The van der Waals surface area contributed by atoms with Gasteiger partial charge in [-0.25, -0.2) is 0 Å². The van der Waals surface area contributed by atoms with Crippen molar-refractivity contribution in [2.45, 2.75) is 19.9 Å². The summed E-state index contributed by atoms with van der Waals surface area (Å²) in [7, 11) is 0. The van der Waals surface area contributed by atoms with Gasteiger partial charge >= 0.3 is 0 Å². The third-order valence-electron chi connectivity index (χ3n) is 4.84. The molecule has 1 aromatic heterocycles. The van der Waals surface area contributed by atoms with E-state index in [1.54, 1.807) is 18.2 Å². The van der Waals surface area contributed by atoms with E-state index in [0.717, 1.165) is 24.2 Å². The number of H-pyrrole nitrogens is 1. The number of rotatable bonds is 5. The summed E-state index contributed by atoms with van der Waals surface area (Å²) >= 11 is 0. The molecule has 0 aliphatic carbocycles. The van der Waals surface area contributed by atoms with E-state index < -0.39 is 0 Å². The molecule has 2 aliphatic heterocycles. The maximum absolute atomic E-state index is 12.9. The lowest BCUT2D eigenvalue weighted by atomic mass is 10.1. The highest BCUT2D eigenvalue weighted by atomic mass is 35.5. The third kappa shape index (κ3) is 4.46. The van der Waals surface area contributed by atoms with Crippen molar-refractivity contribution >= 4 is 29.9 Å². The number of hydrogen-bond donors (Lipinski definition) is 3. The van der Waals surface area contributed by atoms with Crippen molar-refractivity contribution in [3.05, 3.63) is 35.2 Å². The van der Waals surface area contributed by atoms with Crippen molar-refractivity contribution in [3.8, 4) is 11.5 Å². The number of halogens is 1. The monoisotopic (exact) mass is 421 g/mol. The first-order valence-corrected chi connectivity index (χ1v) is 9.41. The smallest absolute Gasteiger partial charge is 0.275 e. The zero-order valence-corrected chi connectivity index (χ0v) is 16.9. The van der Waals surface area contributed by atoms with Gasteiger partial charge in [0.25, 0.3) is 5.91 Å². The fourth-order valence-corrected chi connectivity index (χ4v) is 3.37. The second kappa shape index (κ2) is 9.15. The summed E-state index contributed by atoms with van der Waals surface area (Å²) in [6.07, 6.45) is 0.812. The maximum atomic E-state index is 12.9. The second-order valence-electron chi connectivity index (χ2n) is 6.68. The van der Waals surface area contributed by atoms with Crippen LogP contribution in [0.15, 0.2) is 18.2 Å². The highest BCUT2D eigenvalue weighted by molar-refractivity contribution is 5.99. The second-order valence-corrected chi connectivity index (χ2v) is 6.68. The van der Waals surface area contributed by atoms with Crippen LogP contribution in [-0.4, -0.2) is 59.8 Å². The van der Waals surface area contributed by atoms with Gasteiger partial charge in [0.1, 0.15) is 19.8 Å². The molecule has 0 radical (unpaired) electrons. The van der Waals surface area contributed by atoms with Gasteiger partial charge in [0, 0.05) is 49.1 Å². The predicted octanol–water partition coefficient (Wildman–Crippen LogP) is 1.35. The van der Waals surface area contributed by atoms with Gasteiger partial charge in [0.15, 0.2) is 17.2 Å². The fourth-order valence-electron chi connectivity index (χ4n) is 3.37. The van der Waals surface area contributed by atoms with Gasteiger partial charge in [-0.1, -0.05) is 0 Å². The van der Waals surface area contributed by atoms with Crippen molar-refractivity contribution in [2.24, 2.45) is 0 Å². The molecular weight excluding hydrogens is 398 g/mol. The van der Waals surface area contributed by atoms with Gasteiger partial charge in [0.05, 0.1) is 0 Å². The third-order valence-corrected chi connectivity index (χ3v) is 4.84. The van der Waals surface area contributed by atoms with Gasteiger partial charge in [0.2, 0.25) is 5.91 Å². The standard InChI is InChI=1S/C19H23N5O4.ClH/c1-2-24(19(26)18-13-10-20-6-5-14(13)22-23-18)11-17(25)21-12-3-4-15-16(9-12)28-8-7-27-15;/h3-4,9,20H,2,5-8,10-11H2,1H3,(H,21,25)(H,22,23);1H. The van der Waals surface area contributed by atoms with Crippen LogP contribution in [0.5, 0.6) is 11.5 Å². The number of hydrogen-bond acceptors (Lipinski definition) is 6. The molecule has 1 aromatic carbocycles. The molecule has 0 saturated heterocycles. The quantitative estimate of drug-likeness (QED) is 0.672. The van der Waals surface area contributed by atoms with Crippen LogP contribution >= 0.6 is 12.4 Å². The van der Waals surface area contributed by atoms with Crippen molar-refractivity contribution in [2.75, 3.05) is 38.2 Å². The minimum absolute atomic E-state index is 0. The SMILES string of the molecule is CCN(CC(=O)Nc1ccc2c(c1)OCCO2)C(=O)c1n[nH]c2c1CNCC2.Cl. The number of ether oxygens (including phenoxy) is 2. The molecule has 9 nitrogen and oxygen atoms in total. The molecule has 10 heteroatoms. The largest absolute Gasteiger partial charge is 0.486 e. The number of benzene rings is 1. The van der Waals surface area contributed by atoms with Crippen molar-refractivity contribution in [1.82, 2.24) is 20.4 Å². The first-order valence-electron chi connectivity index (χ1n) is 9.41. The molecule has 0 atom stereocenters. The first-order chi connectivity index (χ1) is 13.7. The molecule has 0 spiro atoms. The Bertz CT molecular complexity index is 901. The van der Waals surface area contributed by atoms with E-state index in [2.05, 4.69) is 20.8 Å². The predicted molar refractivity (Wildman–Crippen MR) is 109 cm³/mol. The van der Waals surface area contributed by atoms with Crippen molar-refractivity contribution < 1.29 is 19.1 Å². The molecule has 156 valence electrons. The molecule has 4 rings (SSSR count). The van der Waals surface area contributed by atoms with Crippen LogP contribution in [0.4, 0.5) is 5.69 Å². The number of nitrogens with one attached hydrogen (secondary N) is 3. The molecular formula is C19H24ClN5O4. The van der Waals surface area contributed by atoms with Crippen LogP contribution in [0.1, 0.15) is 28.7 Å². The number of likely N-dealkylation sites (N-methyl/N-ethyl adjacent to an activating group) is 1. The Kier molecular flexibility index (Phi) is 6.60. The molecule has 3 N–H and O–H groups in total. The molecule has 2 aromatic rings. The van der Waals surface area contributed by atoms with Crippen LogP contribution < -0.4 is 20.1 Å². The lowest BCUT2D eigenvalue weighted by molar-refractivity contribution is -0.116. The first kappa shape index (κ1) is 20.9. The van der Waals surface area contributed by atoms with Gasteiger partial charge < -0.3 is 25.0 Å². The van der Waals surface area contributed by atoms with E-state index >= 15 is 0 Å². The Balaban J connectivity index is 0.00000240. The summed E-state index contributed by atoms with van der Waals surface area (Å²) < 4.78 is 11.0. The van der Waals surface area contributed by atoms with Crippen LogP contribution in [0.25, 0.3) is 0 Å². The Hall–Kier alpha value is -2.78. The Labute approximate surface area is 174 Å². The van der Waals surface area contributed by atoms with Crippen LogP contribution in [0.3, 0.4) is 0 Å². The number of carbonyl (C=O) groups is 2. The summed E-state index contributed by atoms with van der Waals surface area (Å²) in [5.41, 5.74) is 2.86. The highest BCUT2D eigenvalue weighted by Crippen LogP contribution is 2.32. The zero-order valence-electron chi connectivity index (χ0n) is 16.1. The fraction of sp³-hybridized carbons (Fsp3) is 0.421. The number of anilines is 1. The van der Waals surface area contributed by atoms with Crippen LogP contribution in [0.2, 0.25) is 0 Å². The minimum atomic E-state index is -0.283. The average Bonchev–Trinajstić information content (AvgIpc) is 3.15. The number of nitrogens with zero attached hydrogens (tertiary/aromatic N) is 2. The molecule has 3 heterocycles. The van der Waals surface area contributed by atoms with E-state index in [1.807, 2.05) is 6.92 Å². The summed E-state index contributed by atoms with van der Waals surface area (Å²) in [4.78, 5) is 26.9. The van der Waals surface area contributed by atoms with E-state index in [9.17, 15) is 9.59 Å². The lowest BCUT2D eigenvalue weighted by Crippen LogP contribution is -2.39. The van der Waals surface area contributed by atoms with Crippen LogP contribution in [-0.2, 0) is 17.8 Å². The molecule has 0 saturated carbocycles. The number of carbonyl (C=O) groups excluding carboxylic acids is 2. The molecule has 2 aliphatic rings. The molecule has 0 fully saturated rings. The van der Waals surface area contributed by atoms with Crippen molar-refractivity contribution in [1.29, 1.82) is 0 Å². The van der Waals surface area contributed by atoms with Gasteiger partial charge in [-0.3, -0.25) is 14.7 Å². The van der Waals surface area contributed by atoms with E-state index in [1.165, 1.54) is 4.90 Å². The van der Waals surface area contributed by atoms with E-state index in [0.29, 0.717) is 49.2 Å². The normalized spacial score (nSPS) is 14.4. The molecule has 2 amide bonds. The van der Waals surface area contributed by atoms with Gasteiger partial charge in [-0.05, 0) is 19.1 Å². The summed E-state index contributed by atoms with van der Waals surface area (Å²) in [6, 6.07) is 5.23. The van der Waals surface area contributed by atoms with Gasteiger partial charge in [-0.15, -0.1) is 12.4 Å². The van der Waals surface area contributed by atoms with Gasteiger partial charge in [-0.2, -0.15) is 5.10 Å². The average molecular weight is 422 g/mol. The highest BCUT2D eigenvalue weighted by Gasteiger charge is 2.26. The Morgan fingerprint density at radius 2 is 2.03 bits per heavy atom. The van der Waals surface area contributed by atoms with E-state index in [4.69, 9.17) is 9.47 Å². The molecule has 29 heavy (non-hydrogen) atoms. The topological polar surface area (TPSA) is 109 Å². The Morgan fingerprint density at radius 3 is 2.83 bits per heavy atom. The lowest BCUT2D eigenvalue weighted by Gasteiger charge is -2.21. The van der Waals surface area contributed by atoms with Crippen molar-refractivity contribution in [3.63, 3.8) is 0 Å². The molecule has 0 bridgehead atoms. The van der Waals surface area contributed by atoms with Crippen LogP contribution in [0, 0.1) is 0 Å². The number of aromatic amines is 1. The molecule has 0 unspecified atom stereocenters. The van der Waals surface area contributed by atoms with E-state index in [-0.39, 0.29) is 30.8 Å². The zero-order chi connectivity index (χ0) is 19.5. The maximum Gasteiger partial charge on any atom is 0.275 e. The number of aromatic nitrogens is 2. The number of amides is 2. The Morgan fingerprint density at radius 1 is 1.24 bits per heavy atom. The summed E-state index contributed by atoms with van der Waals surface area (Å²) in [6.45, 7) is 4.64. The number of fused-ring (bicyclic) bond motifs is 2. The summed E-state index contributed by atoms with van der Waals surface area (Å²) in [5.74, 6) is 0.727. The minimum Gasteiger partial charge on any atom is -0.486 e. The summed E-state index contributed by atoms with van der Waals surface area (Å²) in [5, 5.41) is 13.2.